The summed E-state index contributed by atoms with van der Waals surface area (Å²) >= 11 is 5.37. The van der Waals surface area contributed by atoms with Crippen LogP contribution in [-0.2, 0) is 0 Å². The van der Waals surface area contributed by atoms with Gasteiger partial charge in [0, 0.05) is 17.3 Å². The molecule has 0 fully saturated rings. The van der Waals surface area contributed by atoms with Gasteiger partial charge in [-0.3, -0.25) is 0 Å². The van der Waals surface area contributed by atoms with Crippen LogP contribution in [0.1, 0.15) is 36.2 Å². The second-order valence-electron chi connectivity index (χ2n) is 3.41. The standard InChI is InChI=1S/C12H16BrNS/c1-4-5-6-7-10(14-3)11-8-9(2)12(13)15-11/h8,10,14H,6-7H2,1-3H3. The lowest BCUT2D eigenvalue weighted by molar-refractivity contribution is 0.567. The molecular formula is C12H16BrNS. The third-order valence-electron chi connectivity index (χ3n) is 2.30. The quantitative estimate of drug-likeness (QED) is 0.828. The largest absolute Gasteiger partial charge is 0.312 e. The molecule has 1 rings (SSSR count). The molecule has 82 valence electrons. The molecule has 15 heavy (non-hydrogen) atoms. The summed E-state index contributed by atoms with van der Waals surface area (Å²) in [5.74, 6) is 6.04. The number of thiophene rings is 1. The monoisotopic (exact) mass is 285 g/mol. The maximum Gasteiger partial charge on any atom is 0.0731 e. The van der Waals surface area contributed by atoms with E-state index in [2.05, 4.69) is 46.1 Å². The summed E-state index contributed by atoms with van der Waals surface area (Å²) in [5.41, 5.74) is 1.32. The van der Waals surface area contributed by atoms with E-state index < -0.39 is 0 Å². The lowest BCUT2D eigenvalue weighted by atomic mass is 10.1. The van der Waals surface area contributed by atoms with E-state index in [1.807, 2.05) is 25.3 Å². The van der Waals surface area contributed by atoms with Gasteiger partial charge >= 0.3 is 0 Å². The van der Waals surface area contributed by atoms with Crippen LogP contribution >= 0.6 is 27.3 Å². The zero-order chi connectivity index (χ0) is 11.3. The zero-order valence-corrected chi connectivity index (χ0v) is 11.8. The van der Waals surface area contributed by atoms with Gasteiger partial charge in [0.1, 0.15) is 0 Å². The third kappa shape index (κ3) is 3.64. The van der Waals surface area contributed by atoms with Gasteiger partial charge in [-0.1, -0.05) is 0 Å². The lowest BCUT2D eigenvalue weighted by Gasteiger charge is -2.12. The van der Waals surface area contributed by atoms with Crippen molar-refractivity contribution in [2.24, 2.45) is 0 Å². The summed E-state index contributed by atoms with van der Waals surface area (Å²) in [4.78, 5) is 1.39. The number of halogens is 1. The molecule has 0 amide bonds. The fourth-order valence-corrected chi connectivity index (χ4v) is 3.14. The van der Waals surface area contributed by atoms with Crippen molar-refractivity contribution >= 4 is 27.3 Å². The highest BCUT2D eigenvalue weighted by atomic mass is 79.9. The first-order chi connectivity index (χ1) is 7.19. The van der Waals surface area contributed by atoms with Crippen molar-refractivity contribution in [3.63, 3.8) is 0 Å². The van der Waals surface area contributed by atoms with Crippen LogP contribution in [0.25, 0.3) is 0 Å². The van der Waals surface area contributed by atoms with Crippen molar-refractivity contribution in [1.82, 2.24) is 5.32 Å². The van der Waals surface area contributed by atoms with Crippen LogP contribution in [0.2, 0.25) is 0 Å². The van der Waals surface area contributed by atoms with Crippen molar-refractivity contribution in [1.29, 1.82) is 0 Å². The van der Waals surface area contributed by atoms with Crippen molar-refractivity contribution < 1.29 is 0 Å². The van der Waals surface area contributed by atoms with Crippen molar-refractivity contribution in [3.8, 4) is 11.8 Å². The number of rotatable bonds is 4. The summed E-state index contributed by atoms with van der Waals surface area (Å²) in [5, 5.41) is 3.34. The van der Waals surface area contributed by atoms with E-state index in [9.17, 15) is 0 Å². The number of aryl methyl sites for hydroxylation is 1. The molecule has 1 atom stereocenters. The molecule has 0 bridgehead atoms. The Hall–Kier alpha value is -0.300. The molecule has 1 nitrogen and oxygen atoms in total. The van der Waals surface area contributed by atoms with E-state index in [0.717, 1.165) is 12.8 Å². The van der Waals surface area contributed by atoms with Crippen LogP contribution in [0.4, 0.5) is 0 Å². The predicted molar refractivity (Wildman–Crippen MR) is 71.2 cm³/mol. The van der Waals surface area contributed by atoms with Gasteiger partial charge in [-0.25, -0.2) is 0 Å². The molecule has 0 saturated heterocycles. The molecule has 0 saturated carbocycles. The van der Waals surface area contributed by atoms with E-state index >= 15 is 0 Å². The van der Waals surface area contributed by atoms with Crippen LogP contribution < -0.4 is 5.32 Å². The Labute approximate surface area is 104 Å². The Bertz CT molecular complexity index is 353. The summed E-state index contributed by atoms with van der Waals surface area (Å²) < 4.78 is 1.24. The Kier molecular flexibility index (Phi) is 5.38. The van der Waals surface area contributed by atoms with E-state index in [4.69, 9.17) is 0 Å². The van der Waals surface area contributed by atoms with Gasteiger partial charge in [0.15, 0.2) is 0 Å². The van der Waals surface area contributed by atoms with Crippen molar-refractivity contribution in [2.45, 2.75) is 32.7 Å². The molecule has 1 aromatic heterocycles. The van der Waals surface area contributed by atoms with Gasteiger partial charge in [0.05, 0.1) is 3.79 Å². The topological polar surface area (TPSA) is 12.0 Å². The van der Waals surface area contributed by atoms with Crippen LogP contribution in [0.3, 0.4) is 0 Å². The Balaban J connectivity index is 2.68. The van der Waals surface area contributed by atoms with Gasteiger partial charge in [-0.05, 0) is 54.9 Å². The van der Waals surface area contributed by atoms with Gasteiger partial charge in [-0.15, -0.1) is 23.2 Å². The van der Waals surface area contributed by atoms with Gasteiger partial charge in [0.2, 0.25) is 0 Å². The first-order valence-corrected chi connectivity index (χ1v) is 6.62. The second kappa shape index (κ2) is 6.32. The number of hydrogen-bond donors (Lipinski definition) is 1. The Morgan fingerprint density at radius 1 is 1.60 bits per heavy atom. The Morgan fingerprint density at radius 3 is 2.80 bits per heavy atom. The van der Waals surface area contributed by atoms with Crippen molar-refractivity contribution in [3.05, 3.63) is 20.3 Å². The summed E-state index contributed by atoms with van der Waals surface area (Å²) in [6.45, 7) is 4.02. The maximum atomic E-state index is 3.56. The lowest BCUT2D eigenvalue weighted by Crippen LogP contribution is -2.14. The molecule has 0 spiro atoms. The number of hydrogen-bond acceptors (Lipinski definition) is 2. The highest BCUT2D eigenvalue weighted by Gasteiger charge is 2.12. The van der Waals surface area contributed by atoms with Crippen LogP contribution in [0.15, 0.2) is 9.85 Å². The zero-order valence-electron chi connectivity index (χ0n) is 9.36. The highest BCUT2D eigenvalue weighted by molar-refractivity contribution is 9.11. The molecule has 0 aliphatic heterocycles. The van der Waals surface area contributed by atoms with Crippen LogP contribution in [-0.4, -0.2) is 7.05 Å². The molecule has 0 aromatic carbocycles. The second-order valence-corrected chi connectivity index (χ2v) is 5.81. The molecule has 1 aromatic rings. The maximum absolute atomic E-state index is 3.56. The first kappa shape index (κ1) is 12.8. The Morgan fingerprint density at radius 2 is 2.33 bits per heavy atom. The summed E-state index contributed by atoms with van der Waals surface area (Å²) in [6, 6.07) is 2.68. The highest BCUT2D eigenvalue weighted by Crippen LogP contribution is 2.32. The average molecular weight is 286 g/mol. The normalized spacial score (nSPS) is 12.0. The fraction of sp³-hybridized carbons (Fsp3) is 0.500. The van der Waals surface area contributed by atoms with E-state index in [1.165, 1.54) is 14.2 Å². The minimum absolute atomic E-state index is 0.431. The SMILES string of the molecule is CC#CCCC(NC)c1cc(C)c(Br)s1. The van der Waals surface area contributed by atoms with Gasteiger partial charge < -0.3 is 5.32 Å². The molecule has 1 heterocycles. The van der Waals surface area contributed by atoms with E-state index in [-0.39, 0.29) is 0 Å². The molecular weight excluding hydrogens is 270 g/mol. The van der Waals surface area contributed by atoms with Gasteiger partial charge in [-0.2, -0.15) is 0 Å². The summed E-state index contributed by atoms with van der Waals surface area (Å²) in [7, 11) is 2.01. The fourth-order valence-electron chi connectivity index (χ4n) is 1.43. The minimum Gasteiger partial charge on any atom is -0.312 e. The molecule has 1 unspecified atom stereocenters. The van der Waals surface area contributed by atoms with Crippen LogP contribution in [0.5, 0.6) is 0 Å². The van der Waals surface area contributed by atoms with Crippen LogP contribution in [0, 0.1) is 18.8 Å². The average Bonchev–Trinajstić information content (AvgIpc) is 2.54. The minimum atomic E-state index is 0.431. The molecule has 3 heteroatoms. The molecule has 1 N–H and O–H groups in total. The molecule has 0 radical (unpaired) electrons. The molecule has 0 aliphatic carbocycles. The molecule has 0 aliphatic rings. The number of nitrogens with one attached hydrogen (secondary N) is 1. The predicted octanol–water partition coefficient (Wildman–Crippen LogP) is 3.88. The summed E-state index contributed by atoms with van der Waals surface area (Å²) in [6.07, 6.45) is 2.03. The smallest absolute Gasteiger partial charge is 0.0731 e. The van der Waals surface area contributed by atoms with Crippen molar-refractivity contribution in [2.75, 3.05) is 7.05 Å². The third-order valence-corrected chi connectivity index (χ3v) is 4.55. The van der Waals surface area contributed by atoms with E-state index in [1.54, 1.807) is 0 Å². The van der Waals surface area contributed by atoms with Gasteiger partial charge in [0.25, 0.3) is 0 Å². The van der Waals surface area contributed by atoms with E-state index in [0.29, 0.717) is 6.04 Å². The first-order valence-electron chi connectivity index (χ1n) is 5.01.